The molecule has 0 radical (unpaired) electrons. The normalized spacial score (nSPS) is 24.6. The summed E-state index contributed by atoms with van der Waals surface area (Å²) >= 11 is 0. The van der Waals surface area contributed by atoms with Gasteiger partial charge in [-0.1, -0.05) is 0 Å². The molecule has 76 valence electrons. The summed E-state index contributed by atoms with van der Waals surface area (Å²) in [6.45, 7) is 5.18. The highest BCUT2D eigenvalue weighted by Crippen LogP contribution is 2.16. The number of methoxy groups -OCH3 is 1. The monoisotopic (exact) mass is 185 g/mol. The highest BCUT2D eigenvalue weighted by atomic mass is 16.5. The van der Waals surface area contributed by atoms with Crippen molar-refractivity contribution in [2.45, 2.75) is 19.8 Å². The Morgan fingerprint density at radius 1 is 1.62 bits per heavy atom. The lowest BCUT2D eigenvalue weighted by Gasteiger charge is -2.31. The Morgan fingerprint density at radius 3 is 3.00 bits per heavy atom. The maximum Gasteiger partial charge on any atom is 0.143 e. The number of ether oxygens (including phenoxy) is 1. The van der Waals surface area contributed by atoms with E-state index < -0.39 is 0 Å². The number of ketones is 1. The molecule has 1 aliphatic rings. The van der Waals surface area contributed by atoms with Gasteiger partial charge in [-0.2, -0.15) is 0 Å². The molecule has 0 saturated carbocycles. The molecule has 1 atom stereocenters. The van der Waals surface area contributed by atoms with Gasteiger partial charge < -0.3 is 4.74 Å². The standard InChI is InChI=1S/C10H19NO2/c1-9(12)6-11-5-3-4-10(7-11)8-13-2/h10H,3-8H2,1-2H3. The van der Waals surface area contributed by atoms with Crippen molar-refractivity contribution in [2.75, 3.05) is 33.4 Å². The average Bonchev–Trinajstić information content (AvgIpc) is 2.04. The van der Waals surface area contributed by atoms with E-state index in [0.717, 1.165) is 19.7 Å². The molecule has 1 saturated heterocycles. The fourth-order valence-electron chi connectivity index (χ4n) is 1.98. The summed E-state index contributed by atoms with van der Waals surface area (Å²) in [5.74, 6) is 0.885. The number of carbonyl (C=O) groups excluding carboxylic acids is 1. The first-order valence-corrected chi connectivity index (χ1v) is 4.93. The third kappa shape index (κ3) is 3.87. The topological polar surface area (TPSA) is 29.5 Å². The van der Waals surface area contributed by atoms with Gasteiger partial charge in [-0.05, 0) is 32.2 Å². The van der Waals surface area contributed by atoms with Crippen LogP contribution in [0.3, 0.4) is 0 Å². The number of likely N-dealkylation sites (tertiary alicyclic amines) is 1. The fraction of sp³-hybridized carbons (Fsp3) is 0.900. The second kappa shape index (κ2) is 5.35. The molecule has 3 heteroatoms. The summed E-state index contributed by atoms with van der Waals surface area (Å²) in [5, 5.41) is 0. The number of Topliss-reactive ketones (excluding diaryl/α,β-unsaturated/α-hetero) is 1. The van der Waals surface area contributed by atoms with Crippen LogP contribution in [0.4, 0.5) is 0 Å². The number of hydrogen-bond acceptors (Lipinski definition) is 3. The van der Waals surface area contributed by atoms with E-state index >= 15 is 0 Å². The van der Waals surface area contributed by atoms with Gasteiger partial charge in [0.2, 0.25) is 0 Å². The highest BCUT2D eigenvalue weighted by molar-refractivity contribution is 5.77. The second-order valence-electron chi connectivity index (χ2n) is 3.90. The minimum atomic E-state index is 0.262. The maximum absolute atomic E-state index is 10.9. The first-order chi connectivity index (χ1) is 6.22. The summed E-state index contributed by atoms with van der Waals surface area (Å²) in [6.07, 6.45) is 2.43. The zero-order valence-corrected chi connectivity index (χ0v) is 8.58. The summed E-state index contributed by atoms with van der Waals surface area (Å²) in [5.41, 5.74) is 0. The molecular weight excluding hydrogens is 166 g/mol. The molecule has 1 fully saturated rings. The molecule has 0 aromatic carbocycles. The molecule has 0 amide bonds. The molecular formula is C10H19NO2. The van der Waals surface area contributed by atoms with Crippen molar-refractivity contribution < 1.29 is 9.53 Å². The molecule has 1 rings (SSSR count). The predicted molar refractivity (Wildman–Crippen MR) is 51.7 cm³/mol. The van der Waals surface area contributed by atoms with Crippen LogP contribution < -0.4 is 0 Å². The van der Waals surface area contributed by atoms with Gasteiger partial charge in [-0.3, -0.25) is 9.69 Å². The van der Waals surface area contributed by atoms with Crippen LogP contribution in [0.1, 0.15) is 19.8 Å². The third-order valence-electron chi connectivity index (χ3n) is 2.45. The number of carbonyl (C=O) groups is 1. The van der Waals surface area contributed by atoms with Crippen LogP contribution in [-0.2, 0) is 9.53 Å². The van der Waals surface area contributed by atoms with E-state index in [-0.39, 0.29) is 5.78 Å². The van der Waals surface area contributed by atoms with Gasteiger partial charge in [-0.25, -0.2) is 0 Å². The van der Waals surface area contributed by atoms with Crippen LogP contribution in [0, 0.1) is 5.92 Å². The first kappa shape index (κ1) is 10.7. The molecule has 0 aromatic rings. The summed E-state index contributed by atoms with van der Waals surface area (Å²) in [7, 11) is 1.74. The van der Waals surface area contributed by atoms with Crippen molar-refractivity contribution in [3.63, 3.8) is 0 Å². The van der Waals surface area contributed by atoms with E-state index in [1.165, 1.54) is 12.8 Å². The van der Waals surface area contributed by atoms with Crippen molar-refractivity contribution >= 4 is 5.78 Å². The van der Waals surface area contributed by atoms with Crippen LogP contribution in [0.15, 0.2) is 0 Å². The SMILES string of the molecule is COCC1CCCN(CC(C)=O)C1. The molecule has 0 aromatic heterocycles. The first-order valence-electron chi connectivity index (χ1n) is 4.93. The van der Waals surface area contributed by atoms with Crippen molar-refractivity contribution in [2.24, 2.45) is 5.92 Å². The van der Waals surface area contributed by atoms with Crippen LogP contribution in [0.25, 0.3) is 0 Å². The Labute approximate surface area is 80.1 Å². The molecule has 0 N–H and O–H groups in total. The van der Waals surface area contributed by atoms with Crippen molar-refractivity contribution in [3.05, 3.63) is 0 Å². The van der Waals surface area contributed by atoms with Gasteiger partial charge >= 0.3 is 0 Å². The second-order valence-corrected chi connectivity index (χ2v) is 3.90. The van der Waals surface area contributed by atoms with E-state index in [4.69, 9.17) is 4.74 Å². The van der Waals surface area contributed by atoms with Crippen LogP contribution in [0.2, 0.25) is 0 Å². The van der Waals surface area contributed by atoms with Gasteiger partial charge in [0.05, 0.1) is 13.2 Å². The third-order valence-corrected chi connectivity index (χ3v) is 2.45. The molecule has 3 nitrogen and oxygen atoms in total. The van der Waals surface area contributed by atoms with Gasteiger partial charge in [0.1, 0.15) is 5.78 Å². The lowest BCUT2D eigenvalue weighted by molar-refractivity contribution is -0.118. The van der Waals surface area contributed by atoms with Gasteiger partial charge in [0, 0.05) is 13.7 Å². The van der Waals surface area contributed by atoms with Crippen LogP contribution in [0.5, 0.6) is 0 Å². The molecule has 1 heterocycles. The van der Waals surface area contributed by atoms with Gasteiger partial charge in [0.15, 0.2) is 0 Å². The Balaban J connectivity index is 2.28. The molecule has 1 unspecified atom stereocenters. The number of piperidine rings is 1. The number of rotatable bonds is 4. The molecule has 1 aliphatic heterocycles. The smallest absolute Gasteiger partial charge is 0.143 e. The van der Waals surface area contributed by atoms with E-state index in [1.54, 1.807) is 14.0 Å². The van der Waals surface area contributed by atoms with Crippen molar-refractivity contribution in [3.8, 4) is 0 Å². The molecule has 0 aliphatic carbocycles. The Bertz CT molecular complexity index is 168. The van der Waals surface area contributed by atoms with E-state index in [1.807, 2.05) is 0 Å². The summed E-state index contributed by atoms with van der Waals surface area (Å²) in [6, 6.07) is 0. The maximum atomic E-state index is 10.9. The van der Waals surface area contributed by atoms with Gasteiger partial charge in [0.25, 0.3) is 0 Å². The Hall–Kier alpha value is -0.410. The Morgan fingerprint density at radius 2 is 2.38 bits per heavy atom. The summed E-state index contributed by atoms with van der Waals surface area (Å²) < 4.78 is 5.12. The largest absolute Gasteiger partial charge is 0.384 e. The zero-order chi connectivity index (χ0) is 9.68. The number of hydrogen-bond donors (Lipinski definition) is 0. The van der Waals surface area contributed by atoms with Crippen LogP contribution >= 0.6 is 0 Å². The van der Waals surface area contributed by atoms with E-state index in [2.05, 4.69) is 4.90 Å². The van der Waals surface area contributed by atoms with Crippen molar-refractivity contribution in [1.29, 1.82) is 0 Å². The minimum Gasteiger partial charge on any atom is -0.384 e. The molecule has 0 bridgehead atoms. The zero-order valence-electron chi connectivity index (χ0n) is 8.58. The number of nitrogens with zero attached hydrogens (tertiary/aromatic N) is 1. The molecule has 13 heavy (non-hydrogen) atoms. The summed E-state index contributed by atoms with van der Waals surface area (Å²) in [4.78, 5) is 13.1. The van der Waals surface area contributed by atoms with Crippen molar-refractivity contribution in [1.82, 2.24) is 4.90 Å². The van der Waals surface area contributed by atoms with E-state index in [9.17, 15) is 4.79 Å². The highest BCUT2D eigenvalue weighted by Gasteiger charge is 2.19. The average molecular weight is 185 g/mol. The predicted octanol–water partition coefficient (Wildman–Crippen LogP) is 0.934. The lowest BCUT2D eigenvalue weighted by Crippen LogP contribution is -2.39. The lowest BCUT2D eigenvalue weighted by atomic mass is 9.99. The minimum absolute atomic E-state index is 0.262. The van der Waals surface area contributed by atoms with E-state index in [0.29, 0.717) is 12.5 Å². The fourth-order valence-corrected chi connectivity index (χ4v) is 1.98. The van der Waals surface area contributed by atoms with Crippen LogP contribution in [-0.4, -0.2) is 44.0 Å². The van der Waals surface area contributed by atoms with Gasteiger partial charge in [-0.15, -0.1) is 0 Å². The molecule has 0 spiro atoms. The quantitative estimate of drug-likeness (QED) is 0.652. The Kier molecular flexibility index (Phi) is 4.39.